The van der Waals surface area contributed by atoms with Gasteiger partial charge >= 0.3 is 7.25 Å². The van der Waals surface area contributed by atoms with Crippen molar-refractivity contribution in [2.24, 2.45) is 0 Å². The number of nitrogens with one attached hydrogen (secondary N) is 1. The molecule has 5 nitrogen and oxygen atoms in total. The summed E-state index contributed by atoms with van der Waals surface area (Å²) in [6.07, 6.45) is 0. The lowest BCUT2D eigenvalue weighted by molar-refractivity contribution is -0.449. The van der Waals surface area contributed by atoms with E-state index in [1.165, 1.54) is 0 Å². The molecule has 0 unspecified atom stereocenters. The van der Waals surface area contributed by atoms with Crippen LogP contribution in [0.15, 0.2) is 0 Å². The van der Waals surface area contributed by atoms with Crippen LogP contribution in [0, 0.1) is 0 Å². The molecule has 0 aliphatic heterocycles. The third-order valence-corrected chi connectivity index (χ3v) is 1.92. The fraction of sp³-hybridized carbons (Fsp3) is 0.571. The maximum Gasteiger partial charge on any atom is 0.673 e. The summed E-state index contributed by atoms with van der Waals surface area (Å²) >= 11 is 6.08. The number of halogens is 5. The minimum absolute atomic E-state index is 0.574. The van der Waals surface area contributed by atoms with E-state index < -0.39 is 7.25 Å². The Labute approximate surface area is 107 Å². The van der Waals surface area contributed by atoms with Crippen LogP contribution in [0.4, 0.5) is 28.9 Å². The fourth-order valence-electron chi connectivity index (χ4n) is 0.901. The van der Waals surface area contributed by atoms with E-state index in [0.29, 0.717) is 10.8 Å². The Hall–Kier alpha value is -1.32. The highest BCUT2D eigenvalue weighted by Gasteiger charge is 2.20. The van der Waals surface area contributed by atoms with Gasteiger partial charge in [-0.1, -0.05) is 11.6 Å². The number of aromatic amines is 1. The zero-order valence-electron chi connectivity index (χ0n) is 10.3. The average molecular weight is 289 g/mol. The molecular formula is C7H13BClF4N5. The van der Waals surface area contributed by atoms with E-state index in [9.17, 15) is 17.3 Å². The Balaban J connectivity index is 0.000000494. The molecule has 0 amide bonds. The number of aromatic nitrogens is 3. The predicted octanol–water partition coefficient (Wildman–Crippen LogP) is 1.38. The van der Waals surface area contributed by atoms with Crippen LogP contribution in [0.25, 0.3) is 0 Å². The van der Waals surface area contributed by atoms with Crippen LogP contribution in [-0.4, -0.2) is 45.8 Å². The Bertz CT molecular complexity index is 354. The highest BCUT2D eigenvalue weighted by Crippen LogP contribution is 2.26. The van der Waals surface area contributed by atoms with Crippen molar-refractivity contribution in [1.82, 2.24) is 10.3 Å². The lowest BCUT2D eigenvalue weighted by Crippen LogP contribution is -2.26. The van der Waals surface area contributed by atoms with Gasteiger partial charge in [0.2, 0.25) is 0 Å². The van der Waals surface area contributed by atoms with Crippen LogP contribution in [0.5, 0.6) is 0 Å². The van der Waals surface area contributed by atoms with Crippen molar-refractivity contribution in [2.45, 2.75) is 0 Å². The molecule has 18 heavy (non-hydrogen) atoms. The summed E-state index contributed by atoms with van der Waals surface area (Å²) in [5.41, 5.74) is 0. The molecule has 0 saturated heterocycles. The standard InChI is InChI=1S/C7H12ClN5.BF4/c1-12(2)6-5(8)7(13(3)4)10-11-9-6;2-1(3,4)5/h1-4H3;/q;-1/p+1. The zero-order valence-corrected chi connectivity index (χ0v) is 11.0. The van der Waals surface area contributed by atoms with E-state index in [1.54, 1.807) is 0 Å². The Morgan fingerprint density at radius 3 is 1.83 bits per heavy atom. The van der Waals surface area contributed by atoms with Gasteiger partial charge in [0.15, 0.2) is 5.02 Å². The third-order valence-electron chi connectivity index (χ3n) is 1.58. The second-order valence-corrected chi connectivity index (χ2v) is 3.96. The summed E-state index contributed by atoms with van der Waals surface area (Å²) in [5, 5.41) is 10.9. The molecule has 104 valence electrons. The number of nitrogens with zero attached hydrogens (tertiary/aromatic N) is 4. The SMILES string of the molecule is CN(C)c1nn[nH+]c(N(C)C)c1Cl.F[B-](F)(F)F. The first-order valence-corrected chi connectivity index (χ1v) is 5.07. The van der Waals surface area contributed by atoms with Gasteiger partial charge in [0.05, 0.1) is 19.3 Å². The molecule has 11 heteroatoms. The molecular weight excluding hydrogens is 276 g/mol. The maximum atomic E-state index is 9.75. The molecule has 1 N–H and O–H groups in total. The maximum absolute atomic E-state index is 9.75. The Kier molecular flexibility index (Phi) is 6.09. The minimum atomic E-state index is -6.00. The van der Waals surface area contributed by atoms with Crippen LogP contribution in [0.3, 0.4) is 0 Å². The van der Waals surface area contributed by atoms with Crippen molar-refractivity contribution in [2.75, 3.05) is 38.0 Å². The Morgan fingerprint density at radius 1 is 1.06 bits per heavy atom. The molecule has 0 aromatic carbocycles. The molecule has 0 atom stereocenters. The van der Waals surface area contributed by atoms with Crippen molar-refractivity contribution < 1.29 is 22.4 Å². The van der Waals surface area contributed by atoms with Crippen molar-refractivity contribution in [3.05, 3.63) is 5.02 Å². The van der Waals surface area contributed by atoms with Crippen molar-refractivity contribution in [1.29, 1.82) is 0 Å². The van der Waals surface area contributed by atoms with Crippen molar-refractivity contribution in [3.8, 4) is 0 Å². The normalized spacial score (nSPS) is 10.5. The van der Waals surface area contributed by atoms with E-state index in [0.717, 1.165) is 5.82 Å². The van der Waals surface area contributed by atoms with Gasteiger partial charge < -0.3 is 22.2 Å². The number of anilines is 2. The fourth-order valence-corrected chi connectivity index (χ4v) is 1.32. The van der Waals surface area contributed by atoms with E-state index >= 15 is 0 Å². The van der Waals surface area contributed by atoms with Gasteiger partial charge in [0.1, 0.15) is 0 Å². The number of H-pyrrole nitrogens is 1. The molecule has 1 rings (SSSR count). The number of hydrogen-bond donors (Lipinski definition) is 0. The predicted molar refractivity (Wildman–Crippen MR) is 62.4 cm³/mol. The van der Waals surface area contributed by atoms with Gasteiger partial charge in [-0.2, -0.15) is 5.10 Å². The van der Waals surface area contributed by atoms with Crippen molar-refractivity contribution >= 4 is 30.5 Å². The summed E-state index contributed by atoms with van der Waals surface area (Å²) in [6.45, 7) is 0. The van der Waals surface area contributed by atoms with E-state index in [2.05, 4.69) is 15.4 Å². The van der Waals surface area contributed by atoms with Crippen LogP contribution < -0.4 is 14.9 Å². The largest absolute Gasteiger partial charge is 0.673 e. The lowest BCUT2D eigenvalue weighted by atomic mass is 10.3. The van der Waals surface area contributed by atoms with Crippen LogP contribution in [-0.2, 0) is 0 Å². The van der Waals surface area contributed by atoms with Gasteiger partial charge in [-0.3, -0.25) is 4.90 Å². The Morgan fingerprint density at radius 2 is 1.50 bits per heavy atom. The molecule has 1 aromatic rings. The monoisotopic (exact) mass is 289 g/mol. The van der Waals surface area contributed by atoms with E-state index in [1.807, 2.05) is 38.0 Å². The molecule has 0 aliphatic carbocycles. The lowest BCUT2D eigenvalue weighted by Gasteiger charge is -2.11. The summed E-state index contributed by atoms with van der Waals surface area (Å²) in [5.74, 6) is 1.41. The van der Waals surface area contributed by atoms with Crippen LogP contribution >= 0.6 is 11.6 Å². The first-order valence-electron chi connectivity index (χ1n) is 4.70. The smallest absolute Gasteiger partial charge is 0.418 e. The number of rotatable bonds is 2. The van der Waals surface area contributed by atoms with Gasteiger partial charge in [0, 0.05) is 19.2 Å². The van der Waals surface area contributed by atoms with Gasteiger partial charge in [0.25, 0.3) is 11.6 Å². The third kappa shape index (κ3) is 6.43. The van der Waals surface area contributed by atoms with E-state index in [-0.39, 0.29) is 0 Å². The summed E-state index contributed by atoms with van der Waals surface area (Å²) in [6, 6.07) is 0. The molecule has 0 spiro atoms. The van der Waals surface area contributed by atoms with Crippen molar-refractivity contribution in [3.63, 3.8) is 0 Å². The zero-order chi connectivity index (χ0) is 14.5. The molecule has 0 bridgehead atoms. The topological polar surface area (TPSA) is 46.4 Å². The van der Waals surface area contributed by atoms with Crippen LogP contribution in [0.2, 0.25) is 5.02 Å². The number of hydrogen-bond acceptors (Lipinski definition) is 4. The van der Waals surface area contributed by atoms with Gasteiger partial charge in [-0.05, 0) is 0 Å². The average Bonchev–Trinajstić information content (AvgIpc) is 2.14. The quantitative estimate of drug-likeness (QED) is 0.609. The second-order valence-electron chi connectivity index (χ2n) is 3.58. The molecule has 0 saturated carbocycles. The first-order chi connectivity index (χ1) is 8.04. The summed E-state index contributed by atoms with van der Waals surface area (Å²) in [4.78, 5) is 3.67. The second kappa shape index (κ2) is 6.57. The molecule has 0 aliphatic rings. The van der Waals surface area contributed by atoms with E-state index in [4.69, 9.17) is 11.6 Å². The summed E-state index contributed by atoms with van der Waals surface area (Å²) < 4.78 is 39.0. The van der Waals surface area contributed by atoms with Gasteiger partial charge in [-0.15, -0.1) is 0 Å². The first kappa shape index (κ1) is 16.7. The molecule has 1 aromatic heterocycles. The molecule has 0 fully saturated rings. The summed E-state index contributed by atoms with van der Waals surface area (Å²) in [7, 11) is 1.52. The van der Waals surface area contributed by atoms with Crippen LogP contribution in [0.1, 0.15) is 0 Å². The molecule has 0 radical (unpaired) electrons. The highest BCUT2D eigenvalue weighted by molar-refractivity contribution is 6.50. The highest BCUT2D eigenvalue weighted by atomic mass is 35.5. The minimum Gasteiger partial charge on any atom is -0.418 e. The molecule has 1 heterocycles. The van der Waals surface area contributed by atoms with Gasteiger partial charge in [-0.25, -0.2) is 0 Å².